The molecule has 2 heterocycles. The van der Waals surface area contributed by atoms with Crippen LogP contribution in [0.5, 0.6) is 0 Å². The normalized spacial score (nSPS) is 14.5. The van der Waals surface area contributed by atoms with Crippen molar-refractivity contribution >= 4 is 23.0 Å². The summed E-state index contributed by atoms with van der Waals surface area (Å²) in [4.78, 5) is 24.0. The molecule has 2 aromatic carbocycles. The van der Waals surface area contributed by atoms with Gasteiger partial charge in [-0.3, -0.25) is 10.1 Å². The van der Waals surface area contributed by atoms with Gasteiger partial charge in [0.1, 0.15) is 6.33 Å². The first-order chi connectivity index (χ1) is 14.6. The highest BCUT2D eigenvalue weighted by Gasteiger charge is 2.31. The monoisotopic (exact) mass is 403 g/mol. The maximum atomic E-state index is 12.0. The number of anilines is 3. The molecule has 154 valence electrons. The molecule has 1 aliphatic heterocycles. The van der Waals surface area contributed by atoms with Crippen molar-refractivity contribution < 1.29 is 4.92 Å². The van der Waals surface area contributed by atoms with Crippen molar-refractivity contribution in [3.05, 3.63) is 82.7 Å². The second-order valence-electron chi connectivity index (χ2n) is 7.64. The van der Waals surface area contributed by atoms with Gasteiger partial charge in [-0.2, -0.15) is 0 Å². The summed E-state index contributed by atoms with van der Waals surface area (Å²) >= 11 is 0. The number of benzene rings is 2. The van der Waals surface area contributed by atoms with Gasteiger partial charge in [0, 0.05) is 25.8 Å². The molecule has 0 bridgehead atoms. The van der Waals surface area contributed by atoms with Crippen molar-refractivity contribution in [3.63, 3.8) is 0 Å². The van der Waals surface area contributed by atoms with Gasteiger partial charge in [-0.15, -0.1) is 0 Å². The Hall–Kier alpha value is -3.48. The van der Waals surface area contributed by atoms with E-state index in [9.17, 15) is 10.1 Å². The molecule has 1 saturated heterocycles. The molecule has 0 spiro atoms. The van der Waals surface area contributed by atoms with Crippen LogP contribution in [-0.2, 0) is 6.42 Å². The number of hydrogen-bond donors (Lipinski definition) is 0. The van der Waals surface area contributed by atoms with Crippen molar-refractivity contribution in [1.82, 2.24) is 9.97 Å². The summed E-state index contributed by atoms with van der Waals surface area (Å²) in [6.45, 7) is 1.51. The lowest BCUT2D eigenvalue weighted by molar-refractivity contribution is -0.383. The van der Waals surface area contributed by atoms with Crippen LogP contribution in [0, 0.1) is 16.0 Å². The summed E-state index contributed by atoms with van der Waals surface area (Å²) in [5.74, 6) is 1.30. The molecule has 0 radical (unpaired) electrons. The standard InChI is InChI=1S/C23H25N5O2/c1-26(20-10-6-3-7-11-20)22-21(28(29)30)23(25-17-24-22)27-14-12-19(13-15-27)16-18-8-4-2-5-9-18/h2-11,17,19H,12-16H2,1H3. The zero-order chi connectivity index (χ0) is 20.9. The lowest BCUT2D eigenvalue weighted by Gasteiger charge is -2.33. The third-order valence-electron chi connectivity index (χ3n) is 5.71. The minimum Gasteiger partial charge on any atom is -0.351 e. The van der Waals surface area contributed by atoms with E-state index in [-0.39, 0.29) is 10.6 Å². The van der Waals surface area contributed by atoms with E-state index < -0.39 is 0 Å². The van der Waals surface area contributed by atoms with Gasteiger partial charge in [-0.1, -0.05) is 48.5 Å². The fraction of sp³-hybridized carbons (Fsp3) is 0.304. The molecular formula is C23H25N5O2. The van der Waals surface area contributed by atoms with Crippen LogP contribution in [0.3, 0.4) is 0 Å². The lowest BCUT2D eigenvalue weighted by Crippen LogP contribution is -2.35. The van der Waals surface area contributed by atoms with Gasteiger partial charge in [0.15, 0.2) is 0 Å². The fourth-order valence-corrected chi connectivity index (χ4v) is 4.07. The highest BCUT2D eigenvalue weighted by atomic mass is 16.6. The van der Waals surface area contributed by atoms with Crippen LogP contribution in [0.25, 0.3) is 0 Å². The van der Waals surface area contributed by atoms with Crippen molar-refractivity contribution in [1.29, 1.82) is 0 Å². The van der Waals surface area contributed by atoms with E-state index in [2.05, 4.69) is 34.2 Å². The molecule has 4 rings (SSSR count). The van der Waals surface area contributed by atoms with Crippen LogP contribution < -0.4 is 9.80 Å². The predicted molar refractivity (Wildman–Crippen MR) is 118 cm³/mol. The number of nitro groups is 1. The summed E-state index contributed by atoms with van der Waals surface area (Å²) in [6, 6.07) is 20.0. The Morgan fingerprint density at radius 3 is 2.30 bits per heavy atom. The first-order valence-corrected chi connectivity index (χ1v) is 10.2. The van der Waals surface area contributed by atoms with Crippen LogP contribution >= 0.6 is 0 Å². The Bertz CT molecular complexity index is 989. The van der Waals surface area contributed by atoms with Crippen LogP contribution in [0.2, 0.25) is 0 Å². The molecule has 0 atom stereocenters. The van der Waals surface area contributed by atoms with E-state index >= 15 is 0 Å². The predicted octanol–water partition coefficient (Wildman–Crippen LogP) is 4.61. The minimum absolute atomic E-state index is 0.0367. The van der Waals surface area contributed by atoms with E-state index in [0.29, 0.717) is 17.6 Å². The second kappa shape index (κ2) is 8.90. The molecule has 1 fully saturated rings. The van der Waals surface area contributed by atoms with Gasteiger partial charge in [-0.25, -0.2) is 9.97 Å². The molecule has 1 aromatic heterocycles. The zero-order valence-corrected chi connectivity index (χ0v) is 17.0. The molecule has 7 nitrogen and oxygen atoms in total. The fourth-order valence-electron chi connectivity index (χ4n) is 4.07. The molecule has 0 unspecified atom stereocenters. The Morgan fingerprint density at radius 1 is 1.03 bits per heavy atom. The van der Waals surface area contributed by atoms with E-state index in [1.54, 1.807) is 11.9 Å². The van der Waals surface area contributed by atoms with Crippen LogP contribution in [0.15, 0.2) is 67.0 Å². The summed E-state index contributed by atoms with van der Waals surface area (Å²) < 4.78 is 0. The van der Waals surface area contributed by atoms with Gasteiger partial charge < -0.3 is 9.80 Å². The maximum absolute atomic E-state index is 12.0. The number of piperidine rings is 1. The zero-order valence-electron chi connectivity index (χ0n) is 17.0. The highest BCUT2D eigenvalue weighted by Crippen LogP contribution is 2.38. The summed E-state index contributed by atoms with van der Waals surface area (Å²) in [5.41, 5.74) is 2.15. The SMILES string of the molecule is CN(c1ccccc1)c1ncnc(N2CCC(Cc3ccccc3)CC2)c1[N+](=O)[O-]. The molecule has 0 aliphatic carbocycles. The summed E-state index contributed by atoms with van der Waals surface area (Å²) in [6.07, 6.45) is 4.44. The van der Waals surface area contributed by atoms with Crippen molar-refractivity contribution in [3.8, 4) is 0 Å². The number of aromatic nitrogens is 2. The summed E-state index contributed by atoms with van der Waals surface area (Å²) in [7, 11) is 1.79. The smallest absolute Gasteiger partial charge is 0.351 e. The van der Waals surface area contributed by atoms with E-state index in [1.807, 2.05) is 41.3 Å². The van der Waals surface area contributed by atoms with Gasteiger partial charge in [-0.05, 0) is 42.9 Å². The number of rotatable bonds is 6. The third kappa shape index (κ3) is 4.25. The third-order valence-corrected chi connectivity index (χ3v) is 5.71. The Kier molecular flexibility index (Phi) is 5.88. The topological polar surface area (TPSA) is 75.4 Å². The molecule has 0 saturated carbocycles. The number of para-hydroxylation sites is 1. The van der Waals surface area contributed by atoms with Crippen molar-refractivity contribution in [2.75, 3.05) is 29.9 Å². The highest BCUT2D eigenvalue weighted by molar-refractivity contribution is 5.75. The molecule has 1 aliphatic rings. The molecule has 7 heteroatoms. The molecule has 0 amide bonds. The van der Waals surface area contributed by atoms with E-state index in [1.165, 1.54) is 11.9 Å². The summed E-state index contributed by atoms with van der Waals surface area (Å²) in [5, 5.41) is 12.0. The van der Waals surface area contributed by atoms with Crippen LogP contribution in [0.1, 0.15) is 18.4 Å². The first-order valence-electron chi connectivity index (χ1n) is 10.2. The molecule has 0 N–H and O–H groups in total. The van der Waals surface area contributed by atoms with Crippen molar-refractivity contribution in [2.45, 2.75) is 19.3 Å². The second-order valence-corrected chi connectivity index (χ2v) is 7.64. The quantitative estimate of drug-likeness (QED) is 0.442. The minimum atomic E-state index is -0.361. The number of nitrogens with zero attached hydrogens (tertiary/aromatic N) is 5. The van der Waals surface area contributed by atoms with Crippen LogP contribution in [-0.4, -0.2) is 35.0 Å². The Balaban J connectivity index is 1.54. The Morgan fingerprint density at radius 2 is 1.67 bits per heavy atom. The van der Waals surface area contributed by atoms with Gasteiger partial charge in [0.2, 0.25) is 11.6 Å². The molecular weight excluding hydrogens is 378 g/mol. The molecule has 30 heavy (non-hydrogen) atoms. The average Bonchev–Trinajstić information content (AvgIpc) is 2.80. The maximum Gasteiger partial charge on any atom is 0.353 e. The van der Waals surface area contributed by atoms with Gasteiger partial charge in [0.05, 0.1) is 4.92 Å². The van der Waals surface area contributed by atoms with E-state index in [4.69, 9.17) is 0 Å². The molecule has 3 aromatic rings. The van der Waals surface area contributed by atoms with Crippen LogP contribution in [0.4, 0.5) is 23.0 Å². The Labute approximate surface area is 176 Å². The van der Waals surface area contributed by atoms with Crippen molar-refractivity contribution in [2.24, 2.45) is 5.92 Å². The largest absolute Gasteiger partial charge is 0.353 e. The van der Waals surface area contributed by atoms with Gasteiger partial charge >= 0.3 is 5.69 Å². The van der Waals surface area contributed by atoms with Gasteiger partial charge in [0.25, 0.3) is 0 Å². The van der Waals surface area contributed by atoms with E-state index in [0.717, 1.165) is 38.0 Å². The first kappa shape index (κ1) is 19.8. The average molecular weight is 403 g/mol. The lowest BCUT2D eigenvalue weighted by atomic mass is 9.90. The number of hydrogen-bond acceptors (Lipinski definition) is 6.